The third-order valence-electron chi connectivity index (χ3n) is 9.61. The summed E-state index contributed by atoms with van der Waals surface area (Å²) in [5, 5.41) is 10.1. The van der Waals surface area contributed by atoms with Crippen molar-refractivity contribution in [1.82, 2.24) is 0 Å². The Kier molecular flexibility index (Phi) is 8.78. The number of hydrogen-bond acceptors (Lipinski definition) is 1. The molecular weight excluding hydrogens is 385 g/mol. The van der Waals surface area contributed by atoms with Crippen LogP contribution in [-0.4, -0.2) is 17.4 Å². The van der Waals surface area contributed by atoms with Crippen LogP contribution in [0.25, 0.3) is 0 Å². The van der Waals surface area contributed by atoms with E-state index in [1.54, 1.807) is 0 Å². The lowest BCUT2D eigenvalue weighted by molar-refractivity contribution is -0.146. The summed E-state index contributed by atoms with van der Waals surface area (Å²) >= 11 is 0. The highest BCUT2D eigenvalue weighted by atomic mass is 19.4. The Balaban J connectivity index is 0.000000757. The Morgan fingerprint density at radius 2 is 1.40 bits per heavy atom. The standard InChI is InChI=1S/C22H35F3O.2C2H6/c1-20-11-9-19-17(5-3-15-13-16(26)8-10-21(15,19)2)18(20)6-4-14(20)7-12-22(23,24)25;2*1-2/h14-19,26H,3-13H2,1-2H3;2*1-2H3/t14-,15?,16?,17?,18?,19?,20?,21?;;/m1../s1. The molecule has 1 N–H and O–H groups in total. The SMILES string of the molecule is CC.CC.CC12CCC(O)CC1CCC1C2CCC2(C)C1CC[C@@H]2CCC(F)(F)F. The van der Waals surface area contributed by atoms with Crippen molar-refractivity contribution < 1.29 is 18.3 Å². The summed E-state index contributed by atoms with van der Waals surface area (Å²) in [7, 11) is 0. The quantitative estimate of drug-likeness (QED) is 0.464. The van der Waals surface area contributed by atoms with E-state index in [0.29, 0.717) is 29.6 Å². The maximum atomic E-state index is 12.8. The normalized spacial score (nSPS) is 45.0. The molecule has 0 heterocycles. The number of halogens is 3. The number of aliphatic hydroxyl groups excluding tert-OH is 1. The van der Waals surface area contributed by atoms with Crippen LogP contribution in [0, 0.1) is 40.4 Å². The maximum absolute atomic E-state index is 12.8. The summed E-state index contributed by atoms with van der Waals surface area (Å²) in [6, 6.07) is 0. The van der Waals surface area contributed by atoms with Crippen LogP contribution in [0.1, 0.15) is 112 Å². The molecule has 0 amide bonds. The third kappa shape index (κ3) is 4.89. The van der Waals surface area contributed by atoms with E-state index in [9.17, 15) is 18.3 Å². The van der Waals surface area contributed by atoms with Crippen LogP contribution in [0.5, 0.6) is 0 Å². The molecule has 4 fully saturated rings. The number of hydrogen-bond donors (Lipinski definition) is 1. The van der Waals surface area contributed by atoms with E-state index in [2.05, 4.69) is 13.8 Å². The summed E-state index contributed by atoms with van der Waals surface area (Å²) in [5.41, 5.74) is 0.483. The van der Waals surface area contributed by atoms with Crippen molar-refractivity contribution in [2.45, 2.75) is 124 Å². The molecule has 1 nitrogen and oxygen atoms in total. The molecule has 7 unspecified atom stereocenters. The fourth-order valence-corrected chi connectivity index (χ4v) is 8.16. The smallest absolute Gasteiger partial charge is 0.389 e. The predicted octanol–water partition coefficient (Wildman–Crippen LogP) is 8.40. The van der Waals surface area contributed by atoms with Gasteiger partial charge >= 0.3 is 6.18 Å². The first kappa shape index (κ1) is 26.0. The fourth-order valence-electron chi connectivity index (χ4n) is 8.16. The summed E-state index contributed by atoms with van der Waals surface area (Å²) in [4.78, 5) is 0. The number of rotatable bonds is 2. The highest BCUT2D eigenvalue weighted by molar-refractivity contribution is 5.09. The molecule has 4 aliphatic rings. The molecule has 8 atom stereocenters. The van der Waals surface area contributed by atoms with Crippen molar-refractivity contribution in [1.29, 1.82) is 0 Å². The molecule has 0 spiro atoms. The van der Waals surface area contributed by atoms with E-state index < -0.39 is 12.6 Å². The zero-order valence-corrected chi connectivity index (χ0v) is 20.3. The zero-order chi connectivity index (χ0) is 22.7. The minimum atomic E-state index is -4.01. The molecule has 0 aromatic heterocycles. The zero-order valence-electron chi connectivity index (χ0n) is 20.3. The van der Waals surface area contributed by atoms with Gasteiger partial charge in [0.05, 0.1) is 6.10 Å². The molecule has 4 heteroatoms. The lowest BCUT2D eigenvalue weighted by Gasteiger charge is -2.61. The molecule has 0 saturated heterocycles. The van der Waals surface area contributed by atoms with Crippen molar-refractivity contribution in [3.05, 3.63) is 0 Å². The average molecular weight is 433 g/mol. The van der Waals surface area contributed by atoms with Gasteiger partial charge < -0.3 is 5.11 Å². The van der Waals surface area contributed by atoms with Crippen LogP contribution < -0.4 is 0 Å². The van der Waals surface area contributed by atoms with Crippen molar-refractivity contribution in [3.63, 3.8) is 0 Å². The summed E-state index contributed by atoms with van der Waals surface area (Å²) in [6.07, 6.45) is 5.56. The Bertz CT molecular complexity index is 533. The summed E-state index contributed by atoms with van der Waals surface area (Å²) in [5.74, 6) is 2.98. The minimum Gasteiger partial charge on any atom is -0.393 e. The lowest BCUT2D eigenvalue weighted by atomic mass is 9.44. The molecule has 0 aliphatic heterocycles. The fraction of sp³-hybridized carbons (Fsp3) is 1.00. The first-order valence-electron chi connectivity index (χ1n) is 12.9. The lowest BCUT2D eigenvalue weighted by Crippen LogP contribution is -2.53. The van der Waals surface area contributed by atoms with Gasteiger partial charge in [-0.05, 0) is 105 Å². The van der Waals surface area contributed by atoms with Gasteiger partial charge in [0.25, 0.3) is 0 Å². The average Bonchev–Trinajstić information content (AvgIpc) is 3.06. The van der Waals surface area contributed by atoms with Crippen molar-refractivity contribution in [3.8, 4) is 0 Å². The number of fused-ring (bicyclic) bond motifs is 5. The maximum Gasteiger partial charge on any atom is 0.389 e. The van der Waals surface area contributed by atoms with E-state index >= 15 is 0 Å². The second-order valence-electron chi connectivity index (χ2n) is 10.6. The van der Waals surface area contributed by atoms with Gasteiger partial charge in [0.15, 0.2) is 0 Å². The molecule has 30 heavy (non-hydrogen) atoms. The molecule has 4 saturated carbocycles. The Morgan fingerprint density at radius 3 is 2.03 bits per heavy atom. The largest absolute Gasteiger partial charge is 0.393 e. The van der Waals surface area contributed by atoms with E-state index in [0.717, 1.165) is 44.4 Å². The first-order chi connectivity index (χ1) is 14.1. The van der Waals surface area contributed by atoms with Crippen LogP contribution >= 0.6 is 0 Å². The van der Waals surface area contributed by atoms with Gasteiger partial charge in [-0.1, -0.05) is 41.5 Å². The van der Waals surface area contributed by atoms with Crippen molar-refractivity contribution in [2.24, 2.45) is 40.4 Å². The highest BCUT2D eigenvalue weighted by Gasteiger charge is 2.60. The molecule has 0 bridgehead atoms. The first-order valence-corrected chi connectivity index (χ1v) is 12.9. The van der Waals surface area contributed by atoms with Gasteiger partial charge in [0.2, 0.25) is 0 Å². The number of alkyl halides is 3. The van der Waals surface area contributed by atoms with Gasteiger partial charge in [0.1, 0.15) is 0 Å². The van der Waals surface area contributed by atoms with E-state index in [1.807, 2.05) is 27.7 Å². The molecule has 0 aromatic rings. The predicted molar refractivity (Wildman–Crippen MR) is 119 cm³/mol. The van der Waals surface area contributed by atoms with E-state index in [4.69, 9.17) is 0 Å². The van der Waals surface area contributed by atoms with E-state index in [-0.39, 0.29) is 17.4 Å². The summed E-state index contributed by atoms with van der Waals surface area (Å²) in [6.45, 7) is 12.8. The topological polar surface area (TPSA) is 20.2 Å². The van der Waals surface area contributed by atoms with Crippen molar-refractivity contribution in [2.75, 3.05) is 0 Å². The minimum absolute atomic E-state index is 0.114. The molecule has 178 valence electrons. The van der Waals surface area contributed by atoms with Crippen LogP contribution in [0.15, 0.2) is 0 Å². The molecule has 0 aromatic carbocycles. The second kappa shape index (κ2) is 10.1. The molecule has 4 aliphatic carbocycles. The van der Waals surface area contributed by atoms with Gasteiger partial charge in [-0.3, -0.25) is 0 Å². The summed E-state index contributed by atoms with van der Waals surface area (Å²) < 4.78 is 38.3. The van der Waals surface area contributed by atoms with Crippen molar-refractivity contribution >= 4 is 0 Å². The van der Waals surface area contributed by atoms with Gasteiger partial charge in [-0.2, -0.15) is 13.2 Å². The van der Waals surface area contributed by atoms with Gasteiger partial charge in [0, 0.05) is 6.42 Å². The van der Waals surface area contributed by atoms with E-state index in [1.165, 1.54) is 19.3 Å². The van der Waals surface area contributed by atoms with Crippen LogP contribution in [-0.2, 0) is 0 Å². The van der Waals surface area contributed by atoms with Gasteiger partial charge in [-0.15, -0.1) is 0 Å². The highest BCUT2D eigenvalue weighted by Crippen LogP contribution is 2.68. The second-order valence-corrected chi connectivity index (χ2v) is 10.6. The van der Waals surface area contributed by atoms with Crippen LogP contribution in [0.3, 0.4) is 0 Å². The molecular formula is C26H47F3O. The number of aliphatic hydroxyl groups is 1. The Hall–Kier alpha value is -0.250. The monoisotopic (exact) mass is 432 g/mol. The third-order valence-corrected chi connectivity index (χ3v) is 9.61. The molecule has 0 radical (unpaired) electrons. The Labute approximate surface area is 183 Å². The Morgan fingerprint density at radius 1 is 0.800 bits per heavy atom. The van der Waals surface area contributed by atoms with Crippen LogP contribution in [0.2, 0.25) is 0 Å². The van der Waals surface area contributed by atoms with Crippen LogP contribution in [0.4, 0.5) is 13.2 Å². The molecule has 4 rings (SSSR count). The van der Waals surface area contributed by atoms with Gasteiger partial charge in [-0.25, -0.2) is 0 Å².